The number of aliphatic hydroxyl groups excluding tert-OH is 1. The molecule has 0 radical (unpaired) electrons. The first kappa shape index (κ1) is 26.1. The third-order valence-electron chi connectivity index (χ3n) is 8.09. The summed E-state index contributed by atoms with van der Waals surface area (Å²) in [7, 11) is 2.95. The molecule has 194 valence electrons. The molecule has 10 nitrogen and oxygen atoms in total. The molecule has 2 saturated carbocycles. The van der Waals surface area contributed by atoms with Crippen molar-refractivity contribution in [2.45, 2.75) is 50.4 Å². The lowest BCUT2D eigenvalue weighted by Gasteiger charge is -2.56. The van der Waals surface area contributed by atoms with E-state index in [4.69, 9.17) is 10.5 Å². The second-order valence-electron chi connectivity index (χ2n) is 10.3. The van der Waals surface area contributed by atoms with Gasteiger partial charge in [-0.25, -0.2) is 0 Å². The Hall–Kier alpha value is -2.95. The van der Waals surface area contributed by atoms with Gasteiger partial charge in [0.1, 0.15) is 5.75 Å². The first-order valence-electron chi connectivity index (χ1n) is 12.2. The van der Waals surface area contributed by atoms with Crippen LogP contribution in [0.5, 0.6) is 5.75 Å². The van der Waals surface area contributed by atoms with Crippen molar-refractivity contribution in [1.82, 2.24) is 4.90 Å². The van der Waals surface area contributed by atoms with Crippen LogP contribution in [0.15, 0.2) is 18.2 Å². The zero-order valence-corrected chi connectivity index (χ0v) is 20.8. The molecule has 10 heteroatoms. The minimum atomic E-state index is -2.94. The lowest BCUT2D eigenvalue weighted by atomic mass is 9.49. The molecule has 0 bridgehead atoms. The molecule has 4 N–H and O–H groups in total. The Kier molecular flexibility index (Phi) is 6.65. The lowest BCUT2D eigenvalue weighted by molar-refractivity contribution is -0.196. The molecule has 0 aliphatic heterocycles. The van der Waals surface area contributed by atoms with Crippen molar-refractivity contribution < 1.29 is 38.9 Å². The monoisotopic (exact) mass is 500 g/mol. The molecule has 2 fully saturated rings. The van der Waals surface area contributed by atoms with E-state index in [0.717, 1.165) is 12.8 Å². The van der Waals surface area contributed by atoms with Crippen LogP contribution >= 0.6 is 0 Å². The number of hydrogen-bond acceptors (Lipinski definition) is 9. The Morgan fingerprint density at radius 2 is 1.83 bits per heavy atom. The fraction of sp³-hybridized carbons (Fsp3) is 0.577. The SMILES string of the molecule is CCCCOc1cccc2c1C(=O)C1C(=O)[C@]3(O)C(=O)C(C(N)=O)C(=O)C(N(C)C)[C@@H]3[C@@H](O)[C@@H]1C2C. The van der Waals surface area contributed by atoms with Gasteiger partial charge in [0, 0.05) is 5.92 Å². The van der Waals surface area contributed by atoms with Gasteiger partial charge in [0.25, 0.3) is 0 Å². The van der Waals surface area contributed by atoms with Crippen LogP contribution in [0.4, 0.5) is 0 Å². The maximum absolute atomic E-state index is 13.9. The van der Waals surface area contributed by atoms with Gasteiger partial charge >= 0.3 is 0 Å². The molecule has 0 aromatic heterocycles. The van der Waals surface area contributed by atoms with Crippen molar-refractivity contribution in [3.63, 3.8) is 0 Å². The number of ether oxygens (including phenoxy) is 1. The number of rotatable bonds is 6. The largest absolute Gasteiger partial charge is 0.493 e. The summed E-state index contributed by atoms with van der Waals surface area (Å²) >= 11 is 0. The van der Waals surface area contributed by atoms with E-state index in [1.54, 1.807) is 25.1 Å². The Morgan fingerprint density at radius 3 is 2.42 bits per heavy atom. The lowest BCUT2D eigenvalue weighted by Crippen LogP contribution is -2.77. The first-order valence-corrected chi connectivity index (χ1v) is 12.2. The van der Waals surface area contributed by atoms with Crippen molar-refractivity contribution in [2.24, 2.45) is 29.4 Å². The highest BCUT2D eigenvalue weighted by molar-refractivity contribution is 6.32. The smallest absolute Gasteiger partial charge is 0.235 e. The second kappa shape index (κ2) is 9.17. The summed E-state index contributed by atoms with van der Waals surface area (Å²) in [5.41, 5.74) is 3.15. The van der Waals surface area contributed by atoms with Crippen molar-refractivity contribution in [3.05, 3.63) is 29.3 Å². The van der Waals surface area contributed by atoms with E-state index in [9.17, 15) is 34.2 Å². The summed E-state index contributed by atoms with van der Waals surface area (Å²) in [6.45, 7) is 4.10. The van der Waals surface area contributed by atoms with Gasteiger partial charge < -0.3 is 20.7 Å². The van der Waals surface area contributed by atoms with Crippen molar-refractivity contribution in [3.8, 4) is 5.75 Å². The van der Waals surface area contributed by atoms with Gasteiger partial charge in [-0.1, -0.05) is 32.4 Å². The number of ketones is 4. The molecule has 0 heterocycles. The first-order chi connectivity index (χ1) is 16.9. The normalized spacial score (nSPS) is 35.8. The molecular weight excluding hydrogens is 468 g/mol. The zero-order valence-electron chi connectivity index (χ0n) is 20.8. The number of benzene rings is 1. The van der Waals surface area contributed by atoms with E-state index >= 15 is 0 Å². The van der Waals surface area contributed by atoms with Crippen LogP contribution < -0.4 is 10.5 Å². The van der Waals surface area contributed by atoms with Crippen molar-refractivity contribution in [2.75, 3.05) is 20.7 Å². The number of aliphatic hydroxyl groups is 2. The summed E-state index contributed by atoms with van der Waals surface area (Å²) < 4.78 is 5.83. The minimum absolute atomic E-state index is 0.180. The van der Waals surface area contributed by atoms with E-state index in [-0.39, 0.29) is 5.56 Å². The number of primary amides is 1. The average molecular weight is 501 g/mol. The van der Waals surface area contributed by atoms with Crippen molar-refractivity contribution >= 4 is 29.0 Å². The third-order valence-corrected chi connectivity index (χ3v) is 8.09. The standard InChI is InChI=1S/C26H32N2O8/c1-5-6-10-36-13-9-7-8-12-11(2)14-16(20(29)15(12)13)23(32)26(35)18(21(14)30)19(28(3)4)22(31)17(24(26)33)25(27)34/h7-9,11,14,16-19,21,30,35H,5-6,10H2,1-4H3,(H2,27,34)/t11?,14-,16?,17?,18-,19?,21+,26+/m1/s1. The zero-order chi connectivity index (χ0) is 26.7. The number of Topliss-reactive ketones (excluding diaryl/α,β-unsaturated/α-hetero) is 4. The molecule has 36 heavy (non-hydrogen) atoms. The fourth-order valence-electron chi connectivity index (χ4n) is 6.38. The number of amides is 1. The number of nitrogens with two attached hydrogens (primary N) is 1. The number of fused-ring (bicyclic) bond motifs is 3. The van der Waals surface area contributed by atoms with Gasteiger partial charge in [-0.05, 0) is 38.1 Å². The summed E-state index contributed by atoms with van der Waals surface area (Å²) in [6.07, 6.45) is 0.0446. The van der Waals surface area contributed by atoms with E-state index < -0.39 is 76.4 Å². The number of carbonyl (C=O) groups excluding carboxylic acids is 5. The highest BCUT2D eigenvalue weighted by Gasteiger charge is 2.72. The highest BCUT2D eigenvalue weighted by atomic mass is 16.5. The van der Waals surface area contributed by atoms with Gasteiger partial charge in [-0.15, -0.1) is 0 Å². The number of nitrogens with zero attached hydrogens (tertiary/aromatic N) is 1. The predicted octanol–water partition coefficient (Wildman–Crippen LogP) is -0.128. The van der Waals surface area contributed by atoms with Crippen LogP contribution in [0.25, 0.3) is 0 Å². The third kappa shape index (κ3) is 3.46. The van der Waals surface area contributed by atoms with E-state index in [2.05, 4.69) is 0 Å². The molecule has 1 aromatic rings. The Labute approximate surface area is 208 Å². The summed E-state index contributed by atoms with van der Waals surface area (Å²) in [4.78, 5) is 67.7. The Morgan fingerprint density at radius 1 is 1.17 bits per heavy atom. The number of carbonyl (C=O) groups is 5. The quantitative estimate of drug-likeness (QED) is 0.356. The molecule has 0 spiro atoms. The van der Waals surface area contributed by atoms with Gasteiger partial charge in [0.15, 0.2) is 34.7 Å². The molecular formula is C26H32N2O8. The molecule has 4 rings (SSSR count). The average Bonchev–Trinajstić information content (AvgIpc) is 2.81. The Balaban J connectivity index is 1.89. The van der Waals surface area contributed by atoms with Crippen molar-refractivity contribution in [1.29, 1.82) is 0 Å². The van der Waals surface area contributed by atoms with E-state index in [0.29, 0.717) is 17.9 Å². The van der Waals surface area contributed by atoms with Crippen LogP contribution in [0.3, 0.4) is 0 Å². The summed E-state index contributed by atoms with van der Waals surface area (Å²) in [5, 5.41) is 23.2. The number of likely N-dealkylation sites (N-methyl/N-ethyl adjacent to an activating group) is 1. The van der Waals surface area contributed by atoms with Gasteiger partial charge in [0.2, 0.25) is 5.91 Å². The van der Waals surface area contributed by atoms with Crippen LogP contribution in [0, 0.1) is 23.7 Å². The number of hydrogen-bond donors (Lipinski definition) is 3. The van der Waals surface area contributed by atoms with Gasteiger partial charge in [0.05, 0.1) is 36.2 Å². The molecule has 4 unspecified atom stereocenters. The maximum atomic E-state index is 13.9. The van der Waals surface area contributed by atoms with Crippen LogP contribution in [-0.4, -0.2) is 82.6 Å². The van der Waals surface area contributed by atoms with Crippen LogP contribution in [0.1, 0.15) is 48.5 Å². The molecule has 8 atom stereocenters. The van der Waals surface area contributed by atoms with E-state index in [1.807, 2.05) is 6.92 Å². The van der Waals surface area contributed by atoms with Crippen LogP contribution in [-0.2, 0) is 19.2 Å². The molecule has 0 saturated heterocycles. The Bertz CT molecular complexity index is 1150. The second-order valence-corrected chi connectivity index (χ2v) is 10.3. The summed E-state index contributed by atoms with van der Waals surface area (Å²) in [5.74, 6) is -11.8. The predicted molar refractivity (Wildman–Crippen MR) is 126 cm³/mol. The topological polar surface area (TPSA) is 164 Å². The molecule has 1 amide bonds. The molecule has 3 aliphatic rings. The van der Waals surface area contributed by atoms with Gasteiger partial charge in [-0.3, -0.25) is 28.9 Å². The van der Waals surface area contributed by atoms with Crippen LogP contribution in [0.2, 0.25) is 0 Å². The maximum Gasteiger partial charge on any atom is 0.235 e. The molecule has 1 aromatic carbocycles. The minimum Gasteiger partial charge on any atom is -0.493 e. The van der Waals surface area contributed by atoms with Gasteiger partial charge in [-0.2, -0.15) is 0 Å². The van der Waals surface area contributed by atoms with E-state index in [1.165, 1.54) is 19.0 Å². The molecule has 3 aliphatic carbocycles. The summed E-state index contributed by atoms with van der Waals surface area (Å²) in [6, 6.07) is 3.72. The highest BCUT2D eigenvalue weighted by Crippen LogP contribution is 2.54. The number of unbranched alkanes of at least 4 members (excludes halogenated alkanes) is 1. The fourth-order valence-corrected chi connectivity index (χ4v) is 6.38.